The van der Waals surface area contributed by atoms with Gasteiger partial charge in [0.05, 0.1) is 12.1 Å². The van der Waals surface area contributed by atoms with E-state index in [1.165, 1.54) is 19.3 Å². The Labute approximate surface area is 151 Å². The molecule has 1 heterocycles. The third-order valence-corrected chi connectivity index (χ3v) is 6.46. The fourth-order valence-corrected chi connectivity index (χ4v) is 4.62. The van der Waals surface area contributed by atoms with Crippen LogP contribution in [0.15, 0.2) is 0 Å². The molecule has 0 aromatic rings. The third-order valence-electron chi connectivity index (χ3n) is 6.46. The number of piperazine rings is 1. The van der Waals surface area contributed by atoms with Crippen LogP contribution >= 0.6 is 0 Å². The van der Waals surface area contributed by atoms with Crippen LogP contribution in [0.4, 0.5) is 0 Å². The summed E-state index contributed by atoms with van der Waals surface area (Å²) in [5.74, 6) is 0.341. The zero-order valence-corrected chi connectivity index (χ0v) is 15.7. The van der Waals surface area contributed by atoms with E-state index in [0.717, 1.165) is 51.6 Å². The molecule has 3 fully saturated rings. The number of carbonyl (C=O) groups excluding carboxylic acids is 2. The molecule has 25 heavy (non-hydrogen) atoms. The summed E-state index contributed by atoms with van der Waals surface area (Å²) >= 11 is 0. The van der Waals surface area contributed by atoms with Crippen LogP contribution < -0.4 is 5.73 Å². The van der Waals surface area contributed by atoms with Crippen molar-refractivity contribution < 1.29 is 9.59 Å². The number of amides is 2. The summed E-state index contributed by atoms with van der Waals surface area (Å²) in [4.78, 5) is 31.3. The van der Waals surface area contributed by atoms with Crippen LogP contribution in [0.2, 0.25) is 0 Å². The van der Waals surface area contributed by atoms with Gasteiger partial charge >= 0.3 is 0 Å². The summed E-state index contributed by atoms with van der Waals surface area (Å²) in [5.41, 5.74) is 5.68. The van der Waals surface area contributed by atoms with Crippen LogP contribution in [0.5, 0.6) is 0 Å². The highest BCUT2D eigenvalue weighted by Crippen LogP contribution is 2.29. The number of nitrogens with zero attached hydrogens (tertiary/aromatic N) is 3. The SMILES string of the molecule is CN(C(=O)CN1CCN(C(=O)C2(N)CCCC2)CC1)C1CCCCC1. The molecule has 3 aliphatic rings. The molecule has 0 spiro atoms. The number of likely N-dealkylation sites (N-methyl/N-ethyl adjacent to an activating group) is 1. The second-order valence-corrected chi connectivity index (χ2v) is 8.23. The van der Waals surface area contributed by atoms with E-state index in [1.54, 1.807) is 0 Å². The molecular formula is C19H34N4O2. The molecule has 1 aliphatic heterocycles. The van der Waals surface area contributed by atoms with Crippen LogP contribution in [0.3, 0.4) is 0 Å². The third kappa shape index (κ3) is 4.34. The van der Waals surface area contributed by atoms with Gasteiger partial charge in [0, 0.05) is 39.3 Å². The Morgan fingerprint density at radius 3 is 2.20 bits per heavy atom. The Balaban J connectivity index is 1.44. The summed E-state index contributed by atoms with van der Waals surface area (Å²) in [6.45, 7) is 3.40. The summed E-state index contributed by atoms with van der Waals surface area (Å²) in [7, 11) is 1.95. The van der Waals surface area contributed by atoms with Gasteiger partial charge in [-0.3, -0.25) is 14.5 Å². The average molecular weight is 351 g/mol. The van der Waals surface area contributed by atoms with Gasteiger partial charge in [-0.25, -0.2) is 0 Å². The van der Waals surface area contributed by atoms with E-state index in [2.05, 4.69) is 4.90 Å². The monoisotopic (exact) mass is 350 g/mol. The fourth-order valence-electron chi connectivity index (χ4n) is 4.62. The van der Waals surface area contributed by atoms with Gasteiger partial charge in [0.1, 0.15) is 0 Å². The number of hydrogen-bond donors (Lipinski definition) is 1. The van der Waals surface area contributed by atoms with Gasteiger partial charge in [-0.2, -0.15) is 0 Å². The number of rotatable bonds is 4. The summed E-state index contributed by atoms with van der Waals surface area (Å²) in [6, 6.07) is 0.420. The minimum Gasteiger partial charge on any atom is -0.342 e. The summed E-state index contributed by atoms with van der Waals surface area (Å²) in [5, 5.41) is 0. The van der Waals surface area contributed by atoms with E-state index in [9.17, 15) is 9.59 Å². The predicted molar refractivity (Wildman–Crippen MR) is 98.0 cm³/mol. The standard InChI is InChI=1S/C19H34N4O2/c1-21(16-7-3-2-4-8-16)17(24)15-22-11-13-23(14-12-22)18(25)19(20)9-5-6-10-19/h16H,2-15,20H2,1H3. The van der Waals surface area contributed by atoms with Gasteiger partial charge in [0.15, 0.2) is 0 Å². The highest BCUT2D eigenvalue weighted by molar-refractivity contribution is 5.86. The van der Waals surface area contributed by atoms with E-state index in [-0.39, 0.29) is 11.8 Å². The van der Waals surface area contributed by atoms with Gasteiger partial charge in [0.2, 0.25) is 11.8 Å². The second-order valence-electron chi connectivity index (χ2n) is 8.23. The lowest BCUT2D eigenvalue weighted by atomic mass is 9.94. The van der Waals surface area contributed by atoms with Gasteiger partial charge < -0.3 is 15.5 Å². The van der Waals surface area contributed by atoms with Crippen molar-refractivity contribution in [1.29, 1.82) is 0 Å². The fraction of sp³-hybridized carbons (Fsp3) is 0.895. The van der Waals surface area contributed by atoms with Crippen molar-refractivity contribution in [3.8, 4) is 0 Å². The largest absolute Gasteiger partial charge is 0.342 e. The first-order valence-electron chi connectivity index (χ1n) is 10.1. The van der Waals surface area contributed by atoms with Crippen LogP contribution in [-0.4, -0.2) is 77.9 Å². The molecule has 142 valence electrons. The Morgan fingerprint density at radius 2 is 1.60 bits per heavy atom. The summed E-state index contributed by atoms with van der Waals surface area (Å²) in [6.07, 6.45) is 9.82. The predicted octanol–water partition coefficient (Wildman–Crippen LogP) is 1.19. The Morgan fingerprint density at radius 1 is 1.00 bits per heavy atom. The van der Waals surface area contributed by atoms with E-state index in [1.807, 2.05) is 16.8 Å². The zero-order chi connectivity index (χ0) is 17.9. The molecule has 1 saturated heterocycles. The number of carbonyl (C=O) groups is 2. The maximum absolute atomic E-state index is 12.7. The minimum absolute atomic E-state index is 0.121. The topological polar surface area (TPSA) is 69.9 Å². The Hall–Kier alpha value is -1.14. The van der Waals surface area contributed by atoms with Crippen molar-refractivity contribution in [3.05, 3.63) is 0 Å². The van der Waals surface area contributed by atoms with Crippen LogP contribution in [0, 0.1) is 0 Å². The molecule has 0 bridgehead atoms. The van der Waals surface area contributed by atoms with E-state index in [4.69, 9.17) is 5.73 Å². The van der Waals surface area contributed by atoms with Crippen molar-refractivity contribution in [2.24, 2.45) is 5.73 Å². The molecule has 2 amide bonds. The lowest BCUT2D eigenvalue weighted by Crippen LogP contribution is -2.59. The Bertz CT molecular complexity index is 476. The molecule has 0 atom stereocenters. The molecule has 6 heteroatoms. The van der Waals surface area contributed by atoms with Crippen LogP contribution in [-0.2, 0) is 9.59 Å². The van der Waals surface area contributed by atoms with E-state index >= 15 is 0 Å². The molecule has 0 aromatic carbocycles. The molecule has 2 aliphatic carbocycles. The molecule has 0 unspecified atom stereocenters. The van der Waals surface area contributed by atoms with Crippen LogP contribution in [0.25, 0.3) is 0 Å². The number of hydrogen-bond acceptors (Lipinski definition) is 4. The quantitative estimate of drug-likeness (QED) is 0.827. The maximum atomic E-state index is 12.7. The Kier molecular flexibility index (Phi) is 6.00. The molecule has 3 rings (SSSR count). The van der Waals surface area contributed by atoms with Gasteiger partial charge in [-0.15, -0.1) is 0 Å². The highest BCUT2D eigenvalue weighted by atomic mass is 16.2. The molecule has 2 N–H and O–H groups in total. The molecule has 6 nitrogen and oxygen atoms in total. The van der Waals surface area contributed by atoms with E-state index < -0.39 is 5.54 Å². The molecule has 0 aromatic heterocycles. The summed E-state index contributed by atoms with van der Waals surface area (Å²) < 4.78 is 0. The first kappa shape index (κ1) is 18.6. The zero-order valence-electron chi connectivity index (χ0n) is 15.7. The lowest BCUT2D eigenvalue weighted by molar-refractivity contribution is -0.139. The normalized spacial score (nSPS) is 25.1. The van der Waals surface area contributed by atoms with Crippen LogP contribution in [0.1, 0.15) is 57.8 Å². The minimum atomic E-state index is -0.626. The van der Waals surface area contributed by atoms with Crippen molar-refractivity contribution in [3.63, 3.8) is 0 Å². The second kappa shape index (κ2) is 8.04. The first-order valence-corrected chi connectivity index (χ1v) is 10.1. The molecule has 2 saturated carbocycles. The van der Waals surface area contributed by atoms with Crippen molar-refractivity contribution >= 4 is 11.8 Å². The van der Waals surface area contributed by atoms with Gasteiger partial charge in [0.25, 0.3) is 0 Å². The van der Waals surface area contributed by atoms with Gasteiger partial charge in [-0.1, -0.05) is 32.1 Å². The average Bonchev–Trinajstić information content (AvgIpc) is 3.09. The maximum Gasteiger partial charge on any atom is 0.242 e. The highest BCUT2D eigenvalue weighted by Gasteiger charge is 2.40. The lowest BCUT2D eigenvalue weighted by Gasteiger charge is -2.39. The van der Waals surface area contributed by atoms with Crippen molar-refractivity contribution in [1.82, 2.24) is 14.7 Å². The molecule has 0 radical (unpaired) electrons. The number of nitrogens with two attached hydrogens (primary N) is 1. The van der Waals surface area contributed by atoms with Gasteiger partial charge in [-0.05, 0) is 25.7 Å². The van der Waals surface area contributed by atoms with E-state index in [0.29, 0.717) is 25.7 Å². The van der Waals surface area contributed by atoms with Crippen molar-refractivity contribution in [2.75, 3.05) is 39.8 Å². The van der Waals surface area contributed by atoms with Crippen molar-refractivity contribution in [2.45, 2.75) is 69.4 Å². The molecular weight excluding hydrogens is 316 g/mol. The first-order chi connectivity index (χ1) is 12.0. The smallest absolute Gasteiger partial charge is 0.242 e.